The number of benzene rings is 1. The van der Waals surface area contributed by atoms with Gasteiger partial charge < -0.3 is 4.74 Å². The first kappa shape index (κ1) is 15.1. The van der Waals surface area contributed by atoms with Crippen LogP contribution in [0.5, 0.6) is 0 Å². The van der Waals surface area contributed by atoms with Crippen LogP contribution < -0.4 is 0 Å². The number of hydrogen-bond acceptors (Lipinski definition) is 1. The van der Waals surface area contributed by atoms with Crippen LogP contribution in [0.25, 0.3) is 0 Å². The molecule has 2 heteroatoms. The van der Waals surface area contributed by atoms with Crippen LogP contribution in [0.4, 0.5) is 0 Å². The molecule has 0 saturated heterocycles. The van der Waals surface area contributed by atoms with Crippen LogP contribution in [-0.2, 0) is 11.2 Å². The molecule has 2 atom stereocenters. The molecule has 0 saturated carbocycles. The molecular formula is C17H25BrO. The Bertz CT molecular complexity index is 408. The largest absolute Gasteiger partial charge is 0.373 e. The highest BCUT2D eigenvalue weighted by Crippen LogP contribution is 2.35. The second-order valence-corrected chi connectivity index (χ2v) is 7.28. The van der Waals surface area contributed by atoms with E-state index in [2.05, 4.69) is 61.0 Å². The van der Waals surface area contributed by atoms with E-state index in [9.17, 15) is 0 Å². The second kappa shape index (κ2) is 6.41. The Morgan fingerprint density at radius 1 is 1.32 bits per heavy atom. The van der Waals surface area contributed by atoms with Crippen molar-refractivity contribution in [2.75, 3.05) is 11.9 Å². The van der Waals surface area contributed by atoms with E-state index in [0.717, 1.165) is 18.4 Å². The lowest BCUT2D eigenvalue weighted by atomic mass is 9.82. The molecule has 2 unspecified atom stereocenters. The maximum absolute atomic E-state index is 6.26. The van der Waals surface area contributed by atoms with Crippen molar-refractivity contribution in [1.29, 1.82) is 0 Å². The van der Waals surface area contributed by atoms with Gasteiger partial charge in [-0.15, -0.1) is 0 Å². The topological polar surface area (TPSA) is 9.23 Å². The van der Waals surface area contributed by atoms with Crippen LogP contribution in [0, 0.1) is 11.3 Å². The van der Waals surface area contributed by atoms with Crippen molar-refractivity contribution in [3.63, 3.8) is 0 Å². The average Bonchev–Trinajstić information content (AvgIpc) is 2.38. The van der Waals surface area contributed by atoms with Gasteiger partial charge in [0.1, 0.15) is 0 Å². The Morgan fingerprint density at radius 3 is 2.74 bits per heavy atom. The smallest absolute Gasteiger partial charge is 0.0827 e. The van der Waals surface area contributed by atoms with Gasteiger partial charge in [-0.2, -0.15) is 0 Å². The monoisotopic (exact) mass is 324 g/mol. The van der Waals surface area contributed by atoms with Crippen molar-refractivity contribution in [1.82, 2.24) is 0 Å². The highest BCUT2D eigenvalue weighted by molar-refractivity contribution is 9.09. The molecule has 19 heavy (non-hydrogen) atoms. The summed E-state index contributed by atoms with van der Waals surface area (Å²) in [5.41, 5.74) is 3.18. The lowest BCUT2D eigenvalue weighted by Crippen LogP contribution is -2.28. The Balaban J connectivity index is 2.01. The lowest BCUT2D eigenvalue weighted by molar-refractivity contribution is -0.000237. The van der Waals surface area contributed by atoms with E-state index in [4.69, 9.17) is 4.74 Å². The normalized spacial score (nSPS) is 20.9. The number of halogens is 1. The van der Waals surface area contributed by atoms with Gasteiger partial charge in [-0.1, -0.05) is 61.0 Å². The summed E-state index contributed by atoms with van der Waals surface area (Å²) in [4.78, 5) is 0. The fourth-order valence-electron chi connectivity index (χ4n) is 2.64. The molecule has 0 aromatic heterocycles. The lowest BCUT2D eigenvalue weighted by Gasteiger charge is -2.32. The van der Waals surface area contributed by atoms with E-state index in [1.807, 2.05) is 0 Å². The van der Waals surface area contributed by atoms with Crippen LogP contribution in [0.3, 0.4) is 0 Å². The van der Waals surface area contributed by atoms with Gasteiger partial charge in [-0.3, -0.25) is 0 Å². The van der Waals surface area contributed by atoms with Crippen molar-refractivity contribution in [2.24, 2.45) is 11.3 Å². The minimum Gasteiger partial charge on any atom is -0.373 e. The van der Waals surface area contributed by atoms with Gasteiger partial charge in [0.05, 0.1) is 12.7 Å². The summed E-state index contributed by atoms with van der Waals surface area (Å²) in [6.45, 7) is 7.71. The summed E-state index contributed by atoms with van der Waals surface area (Å²) in [6.07, 6.45) is 3.91. The number of aryl methyl sites for hydroxylation is 1. The van der Waals surface area contributed by atoms with Gasteiger partial charge in [-0.05, 0) is 41.7 Å². The zero-order chi connectivity index (χ0) is 13.9. The standard InChI is InChI=1S/C17H25BrO/c1-17(2,3)14(11-18)12-19-16-10-6-8-13-7-4-5-9-15(13)16/h4-5,7,9,14,16H,6,8,10-12H2,1-3H3. The summed E-state index contributed by atoms with van der Waals surface area (Å²) >= 11 is 3.63. The summed E-state index contributed by atoms with van der Waals surface area (Å²) in [5, 5.41) is 1.00. The van der Waals surface area contributed by atoms with E-state index < -0.39 is 0 Å². The zero-order valence-electron chi connectivity index (χ0n) is 12.3. The Hall–Kier alpha value is -0.340. The quantitative estimate of drug-likeness (QED) is 0.697. The van der Waals surface area contributed by atoms with Gasteiger partial charge in [0.25, 0.3) is 0 Å². The average molecular weight is 325 g/mol. The fourth-order valence-corrected chi connectivity index (χ4v) is 3.80. The molecule has 2 rings (SSSR count). The van der Waals surface area contributed by atoms with Crippen LogP contribution in [0.1, 0.15) is 50.8 Å². The van der Waals surface area contributed by atoms with E-state index in [-0.39, 0.29) is 5.41 Å². The number of alkyl halides is 1. The summed E-state index contributed by atoms with van der Waals surface area (Å²) in [6, 6.07) is 8.75. The number of rotatable bonds is 4. The number of ether oxygens (including phenoxy) is 1. The van der Waals surface area contributed by atoms with E-state index in [0.29, 0.717) is 12.0 Å². The van der Waals surface area contributed by atoms with Crippen molar-refractivity contribution < 1.29 is 4.74 Å². The van der Waals surface area contributed by atoms with Gasteiger partial charge in [0, 0.05) is 5.33 Å². The Kier molecular flexibility index (Phi) is 5.08. The van der Waals surface area contributed by atoms with Crippen LogP contribution in [-0.4, -0.2) is 11.9 Å². The predicted molar refractivity (Wildman–Crippen MR) is 84.8 cm³/mol. The second-order valence-electron chi connectivity index (χ2n) is 6.63. The molecule has 1 aliphatic rings. The molecule has 106 valence electrons. The van der Waals surface area contributed by atoms with Crippen LogP contribution in [0.15, 0.2) is 24.3 Å². The fraction of sp³-hybridized carbons (Fsp3) is 0.647. The van der Waals surface area contributed by atoms with Gasteiger partial charge >= 0.3 is 0 Å². The minimum absolute atomic E-state index is 0.289. The number of hydrogen-bond donors (Lipinski definition) is 0. The van der Waals surface area contributed by atoms with Crippen LogP contribution >= 0.6 is 15.9 Å². The SMILES string of the molecule is CC(C)(C)C(CBr)COC1CCCc2ccccc21. The summed E-state index contributed by atoms with van der Waals surface area (Å²) in [7, 11) is 0. The van der Waals surface area contributed by atoms with Gasteiger partial charge in [-0.25, -0.2) is 0 Å². The molecule has 1 aromatic carbocycles. The molecule has 0 fully saturated rings. The summed E-state index contributed by atoms with van der Waals surface area (Å²) < 4.78 is 6.26. The molecular weight excluding hydrogens is 300 g/mol. The predicted octanol–water partition coefficient (Wildman–Crippen LogP) is 5.14. The summed E-state index contributed by atoms with van der Waals surface area (Å²) in [5.74, 6) is 0.557. The highest BCUT2D eigenvalue weighted by Gasteiger charge is 2.26. The molecule has 0 bridgehead atoms. The van der Waals surface area contributed by atoms with Crippen molar-refractivity contribution in [3.8, 4) is 0 Å². The Morgan fingerprint density at radius 2 is 2.05 bits per heavy atom. The first-order valence-corrected chi connectivity index (χ1v) is 8.40. The molecule has 0 aliphatic heterocycles. The first-order chi connectivity index (χ1) is 9.02. The van der Waals surface area contributed by atoms with Crippen molar-refractivity contribution in [2.45, 2.75) is 46.1 Å². The zero-order valence-corrected chi connectivity index (χ0v) is 13.9. The molecule has 1 aromatic rings. The van der Waals surface area contributed by atoms with Gasteiger partial charge in [0.15, 0.2) is 0 Å². The molecule has 0 amide bonds. The molecule has 0 heterocycles. The third kappa shape index (κ3) is 3.82. The minimum atomic E-state index is 0.289. The maximum Gasteiger partial charge on any atom is 0.0827 e. The maximum atomic E-state index is 6.26. The third-order valence-electron chi connectivity index (χ3n) is 4.22. The van der Waals surface area contributed by atoms with E-state index >= 15 is 0 Å². The van der Waals surface area contributed by atoms with E-state index in [1.54, 1.807) is 0 Å². The first-order valence-electron chi connectivity index (χ1n) is 7.27. The van der Waals surface area contributed by atoms with Gasteiger partial charge in [0.2, 0.25) is 0 Å². The van der Waals surface area contributed by atoms with Crippen molar-refractivity contribution in [3.05, 3.63) is 35.4 Å². The molecule has 1 nitrogen and oxygen atoms in total. The highest BCUT2D eigenvalue weighted by atomic mass is 79.9. The molecule has 0 N–H and O–H groups in total. The molecule has 1 aliphatic carbocycles. The third-order valence-corrected chi connectivity index (χ3v) is 5.01. The molecule has 0 spiro atoms. The van der Waals surface area contributed by atoms with Crippen LogP contribution in [0.2, 0.25) is 0 Å². The van der Waals surface area contributed by atoms with Crippen molar-refractivity contribution >= 4 is 15.9 Å². The Labute approximate surface area is 125 Å². The van der Waals surface area contributed by atoms with E-state index in [1.165, 1.54) is 24.0 Å². The number of fused-ring (bicyclic) bond motifs is 1. The molecule has 0 radical (unpaired) electrons.